The van der Waals surface area contributed by atoms with Gasteiger partial charge in [-0.05, 0) is 19.8 Å². The van der Waals surface area contributed by atoms with Gasteiger partial charge in [-0.25, -0.2) is 0 Å². The van der Waals surface area contributed by atoms with E-state index in [4.69, 9.17) is 5.73 Å². The van der Waals surface area contributed by atoms with Gasteiger partial charge in [-0.15, -0.1) is 0 Å². The minimum absolute atomic E-state index is 0.167. The molecular formula is C5H10IN. The Morgan fingerprint density at radius 2 is 2.29 bits per heavy atom. The van der Waals surface area contributed by atoms with E-state index in [0.717, 1.165) is 3.92 Å². The maximum Gasteiger partial charge on any atom is 0.0288 e. The molecule has 0 bridgehead atoms. The lowest BCUT2D eigenvalue weighted by molar-refractivity contribution is 0.304. The molecule has 7 heavy (non-hydrogen) atoms. The first-order valence-corrected chi connectivity index (χ1v) is 3.80. The van der Waals surface area contributed by atoms with Crippen molar-refractivity contribution in [2.24, 2.45) is 5.73 Å². The zero-order valence-electron chi connectivity index (χ0n) is 4.45. The van der Waals surface area contributed by atoms with Gasteiger partial charge in [0.25, 0.3) is 0 Å². The third-order valence-electron chi connectivity index (χ3n) is 1.65. The lowest BCUT2D eigenvalue weighted by atomic mass is 9.80. The van der Waals surface area contributed by atoms with Gasteiger partial charge in [-0.2, -0.15) is 0 Å². The molecule has 1 nitrogen and oxygen atoms in total. The number of hydrogen-bond acceptors (Lipinski definition) is 1. The van der Waals surface area contributed by atoms with E-state index in [9.17, 15) is 0 Å². The first-order chi connectivity index (χ1) is 3.13. The van der Waals surface area contributed by atoms with E-state index in [1.165, 1.54) is 12.8 Å². The highest BCUT2D eigenvalue weighted by atomic mass is 127. The van der Waals surface area contributed by atoms with Crippen molar-refractivity contribution in [1.29, 1.82) is 0 Å². The second kappa shape index (κ2) is 1.58. The molecule has 0 amide bonds. The maximum absolute atomic E-state index is 5.76. The molecule has 0 heterocycles. The van der Waals surface area contributed by atoms with Gasteiger partial charge in [-0.3, -0.25) is 0 Å². The fourth-order valence-electron chi connectivity index (χ4n) is 0.709. The summed E-state index contributed by atoms with van der Waals surface area (Å²) in [7, 11) is 0. The highest BCUT2D eigenvalue weighted by Gasteiger charge is 2.36. The molecule has 2 N–H and O–H groups in total. The fraction of sp³-hybridized carbons (Fsp3) is 1.00. The predicted molar refractivity (Wildman–Crippen MR) is 39.6 cm³/mol. The first-order valence-electron chi connectivity index (χ1n) is 2.56. The third-order valence-corrected chi connectivity index (χ3v) is 3.70. The number of halogens is 1. The van der Waals surface area contributed by atoms with Crippen molar-refractivity contribution < 1.29 is 0 Å². The molecule has 2 heteroatoms. The highest BCUT2D eigenvalue weighted by Crippen LogP contribution is 2.35. The first kappa shape index (κ1) is 5.82. The Hall–Kier alpha value is 0.690. The van der Waals surface area contributed by atoms with Gasteiger partial charge in [0.1, 0.15) is 0 Å². The monoisotopic (exact) mass is 211 g/mol. The van der Waals surface area contributed by atoms with Crippen molar-refractivity contribution in [2.45, 2.75) is 29.2 Å². The zero-order valence-corrected chi connectivity index (χ0v) is 6.60. The largest absolute Gasteiger partial charge is 0.324 e. The Balaban J connectivity index is 2.43. The Bertz CT molecular complexity index is 80.1. The molecule has 42 valence electrons. The van der Waals surface area contributed by atoms with Crippen molar-refractivity contribution >= 4 is 22.6 Å². The SMILES string of the molecule is CC1(N)CCC1I. The van der Waals surface area contributed by atoms with Crippen LogP contribution in [0.25, 0.3) is 0 Å². The molecule has 1 rings (SSSR count). The highest BCUT2D eigenvalue weighted by molar-refractivity contribution is 14.1. The predicted octanol–water partition coefficient (Wildman–Crippen LogP) is 1.30. The summed E-state index contributed by atoms with van der Waals surface area (Å²) in [6.45, 7) is 2.12. The average Bonchev–Trinajstić information content (AvgIpc) is 1.63. The van der Waals surface area contributed by atoms with Crippen LogP contribution in [0.15, 0.2) is 0 Å². The Morgan fingerprint density at radius 1 is 1.86 bits per heavy atom. The summed E-state index contributed by atoms with van der Waals surface area (Å²) in [5.74, 6) is 0. The third kappa shape index (κ3) is 0.914. The van der Waals surface area contributed by atoms with Crippen LogP contribution in [-0.4, -0.2) is 9.46 Å². The minimum atomic E-state index is 0.167. The number of hydrogen-bond donors (Lipinski definition) is 1. The van der Waals surface area contributed by atoms with Crippen LogP contribution in [0, 0.1) is 0 Å². The molecule has 0 saturated heterocycles. The Labute approximate surface area is 57.8 Å². The maximum atomic E-state index is 5.76. The van der Waals surface area contributed by atoms with Crippen molar-refractivity contribution in [3.63, 3.8) is 0 Å². The zero-order chi connectivity index (χ0) is 5.49. The van der Waals surface area contributed by atoms with E-state index >= 15 is 0 Å². The van der Waals surface area contributed by atoms with E-state index < -0.39 is 0 Å². The lowest BCUT2D eigenvalue weighted by Gasteiger charge is -2.40. The molecule has 1 aliphatic carbocycles. The summed E-state index contributed by atoms with van der Waals surface area (Å²) >= 11 is 2.41. The number of nitrogens with two attached hydrogens (primary N) is 1. The van der Waals surface area contributed by atoms with Crippen molar-refractivity contribution in [1.82, 2.24) is 0 Å². The fourth-order valence-corrected chi connectivity index (χ4v) is 1.33. The van der Waals surface area contributed by atoms with Gasteiger partial charge in [0, 0.05) is 9.46 Å². The summed E-state index contributed by atoms with van der Waals surface area (Å²) in [6, 6.07) is 0. The van der Waals surface area contributed by atoms with Crippen LogP contribution in [0.1, 0.15) is 19.8 Å². The molecule has 2 atom stereocenters. The molecule has 1 aliphatic rings. The van der Waals surface area contributed by atoms with Gasteiger partial charge < -0.3 is 5.73 Å². The van der Waals surface area contributed by atoms with E-state index in [1.54, 1.807) is 0 Å². The second-order valence-electron chi connectivity index (χ2n) is 2.51. The van der Waals surface area contributed by atoms with Gasteiger partial charge in [0.15, 0.2) is 0 Å². The summed E-state index contributed by atoms with van der Waals surface area (Å²) in [4.78, 5) is 0. The summed E-state index contributed by atoms with van der Waals surface area (Å²) in [5.41, 5.74) is 5.92. The summed E-state index contributed by atoms with van der Waals surface area (Å²) in [6.07, 6.45) is 2.52. The van der Waals surface area contributed by atoms with Gasteiger partial charge in [0.2, 0.25) is 0 Å². The van der Waals surface area contributed by atoms with E-state index in [2.05, 4.69) is 29.5 Å². The van der Waals surface area contributed by atoms with E-state index in [0.29, 0.717) is 0 Å². The molecule has 1 fully saturated rings. The molecule has 1 saturated carbocycles. The van der Waals surface area contributed by atoms with Crippen molar-refractivity contribution in [3.8, 4) is 0 Å². The van der Waals surface area contributed by atoms with Gasteiger partial charge >= 0.3 is 0 Å². The van der Waals surface area contributed by atoms with Crippen LogP contribution in [0.5, 0.6) is 0 Å². The van der Waals surface area contributed by atoms with Crippen molar-refractivity contribution in [3.05, 3.63) is 0 Å². The smallest absolute Gasteiger partial charge is 0.0288 e. The molecule has 0 spiro atoms. The summed E-state index contributed by atoms with van der Waals surface area (Å²) < 4.78 is 0.727. The van der Waals surface area contributed by atoms with E-state index in [-0.39, 0.29) is 5.54 Å². The topological polar surface area (TPSA) is 26.0 Å². The second-order valence-corrected chi connectivity index (χ2v) is 4.02. The summed E-state index contributed by atoms with van der Waals surface area (Å²) in [5, 5.41) is 0. The van der Waals surface area contributed by atoms with Crippen LogP contribution in [-0.2, 0) is 0 Å². The average molecular weight is 211 g/mol. The van der Waals surface area contributed by atoms with Crippen LogP contribution in [0.2, 0.25) is 0 Å². The molecule has 0 aliphatic heterocycles. The molecule has 0 aromatic rings. The van der Waals surface area contributed by atoms with Gasteiger partial charge in [0.05, 0.1) is 0 Å². The molecule has 2 unspecified atom stereocenters. The lowest BCUT2D eigenvalue weighted by Crippen LogP contribution is -2.53. The quantitative estimate of drug-likeness (QED) is 0.474. The van der Waals surface area contributed by atoms with Crippen LogP contribution in [0.4, 0.5) is 0 Å². The number of alkyl halides is 1. The van der Waals surface area contributed by atoms with Crippen LogP contribution < -0.4 is 5.73 Å². The molecular weight excluding hydrogens is 201 g/mol. The van der Waals surface area contributed by atoms with Crippen LogP contribution >= 0.6 is 22.6 Å². The Morgan fingerprint density at radius 3 is 2.29 bits per heavy atom. The minimum Gasteiger partial charge on any atom is -0.324 e. The van der Waals surface area contributed by atoms with Gasteiger partial charge in [-0.1, -0.05) is 22.6 Å². The number of rotatable bonds is 0. The van der Waals surface area contributed by atoms with Crippen molar-refractivity contribution in [2.75, 3.05) is 0 Å². The molecule has 0 aromatic carbocycles. The molecule has 0 radical (unpaired) electrons. The van der Waals surface area contributed by atoms with E-state index in [1.807, 2.05) is 0 Å². The Kier molecular flexibility index (Phi) is 1.32. The van der Waals surface area contributed by atoms with Crippen LogP contribution in [0.3, 0.4) is 0 Å². The normalized spacial score (nSPS) is 51.0. The standard InChI is InChI=1S/C5H10IN/c1-5(7)3-2-4(5)6/h4H,2-3,7H2,1H3. The molecule has 0 aromatic heterocycles.